The highest BCUT2D eigenvalue weighted by Crippen LogP contribution is 2.30. The second-order valence-corrected chi connectivity index (χ2v) is 6.06. The lowest BCUT2D eigenvalue weighted by molar-refractivity contribution is 0.0997. The Bertz CT molecular complexity index is 1060. The van der Waals surface area contributed by atoms with Crippen LogP contribution in [0.3, 0.4) is 0 Å². The largest absolute Gasteiger partial charge is 0.497 e. The predicted molar refractivity (Wildman–Crippen MR) is 103 cm³/mol. The molecule has 1 aromatic carbocycles. The number of primary amides is 1. The van der Waals surface area contributed by atoms with Crippen LogP contribution in [0.2, 0.25) is 0 Å². The first-order valence-corrected chi connectivity index (χ1v) is 8.43. The fraction of sp³-hybridized carbons (Fsp3) is 0.353. The molecule has 12 nitrogen and oxygen atoms in total. The molecule has 156 valence electrons. The van der Waals surface area contributed by atoms with Crippen LogP contribution in [0.5, 0.6) is 11.5 Å². The van der Waals surface area contributed by atoms with Crippen LogP contribution >= 0.6 is 0 Å². The summed E-state index contributed by atoms with van der Waals surface area (Å²) in [7, 11) is 4.57. The Labute approximate surface area is 165 Å². The van der Waals surface area contributed by atoms with Crippen LogP contribution in [0, 0.1) is 0 Å². The standard InChI is InChI=1S/C11H17NO3.C6H6N6O2/c1-7(12)11(13)9-6-8(14-2)4-5-10(9)15-3;1-11-6(14)12-2-8-3(4(7)13)5(12)9-10-11/h4-7,11,13H,12H2,1-3H3;2H,1H3,(H2,7,13). The number of carbonyl (C=O) groups is 1. The van der Waals surface area contributed by atoms with Gasteiger partial charge in [0.15, 0.2) is 11.3 Å². The summed E-state index contributed by atoms with van der Waals surface area (Å²) in [6.45, 7) is 1.74. The van der Waals surface area contributed by atoms with Gasteiger partial charge >= 0.3 is 5.69 Å². The minimum absolute atomic E-state index is 0.0600. The molecular formula is C17H23N7O5. The summed E-state index contributed by atoms with van der Waals surface area (Å²) in [6.07, 6.45) is 0.432. The van der Waals surface area contributed by atoms with Gasteiger partial charge in [-0.2, -0.15) is 4.68 Å². The molecule has 0 spiro atoms. The second kappa shape index (κ2) is 9.12. The number of aliphatic hydroxyl groups is 1. The van der Waals surface area contributed by atoms with Gasteiger partial charge in [-0.05, 0) is 25.1 Å². The molecule has 0 saturated heterocycles. The summed E-state index contributed by atoms with van der Waals surface area (Å²) in [5.74, 6) is 0.543. The summed E-state index contributed by atoms with van der Waals surface area (Å²) >= 11 is 0. The van der Waals surface area contributed by atoms with Gasteiger partial charge in [-0.1, -0.05) is 5.21 Å². The lowest BCUT2D eigenvalue weighted by Crippen LogP contribution is -2.27. The molecule has 0 radical (unpaired) electrons. The van der Waals surface area contributed by atoms with E-state index in [4.69, 9.17) is 20.9 Å². The fourth-order valence-electron chi connectivity index (χ4n) is 2.41. The van der Waals surface area contributed by atoms with Crippen LogP contribution < -0.4 is 26.6 Å². The third kappa shape index (κ3) is 4.67. The number of hydrogen-bond acceptors (Lipinski definition) is 9. The van der Waals surface area contributed by atoms with Crippen molar-refractivity contribution in [3.8, 4) is 11.5 Å². The van der Waals surface area contributed by atoms with Crippen molar-refractivity contribution in [2.24, 2.45) is 18.5 Å². The lowest BCUT2D eigenvalue weighted by Gasteiger charge is -2.18. The fourth-order valence-corrected chi connectivity index (χ4v) is 2.41. The van der Waals surface area contributed by atoms with E-state index in [2.05, 4.69) is 15.3 Å². The number of methoxy groups -OCH3 is 2. The average molecular weight is 405 g/mol. The molecule has 3 rings (SSSR count). The van der Waals surface area contributed by atoms with Crippen LogP contribution in [0.1, 0.15) is 29.1 Å². The minimum Gasteiger partial charge on any atom is -0.497 e. The first-order chi connectivity index (χ1) is 13.7. The first-order valence-electron chi connectivity index (χ1n) is 8.43. The van der Waals surface area contributed by atoms with Gasteiger partial charge in [-0.15, -0.1) is 5.10 Å². The summed E-state index contributed by atoms with van der Waals surface area (Å²) in [6, 6.07) is 4.90. The molecule has 2 heterocycles. The number of imidazole rings is 1. The Morgan fingerprint density at radius 1 is 1.28 bits per heavy atom. The third-order valence-electron chi connectivity index (χ3n) is 3.99. The molecule has 2 atom stereocenters. The number of benzene rings is 1. The van der Waals surface area contributed by atoms with E-state index in [0.717, 1.165) is 9.08 Å². The second-order valence-electron chi connectivity index (χ2n) is 6.06. The Hall–Kier alpha value is -3.51. The topological polar surface area (TPSA) is 173 Å². The van der Waals surface area contributed by atoms with Crippen LogP contribution in [-0.4, -0.2) is 55.7 Å². The molecule has 5 N–H and O–H groups in total. The molecule has 0 saturated carbocycles. The van der Waals surface area contributed by atoms with Crippen LogP contribution in [0.25, 0.3) is 5.65 Å². The zero-order valence-electron chi connectivity index (χ0n) is 16.4. The van der Waals surface area contributed by atoms with Gasteiger partial charge in [0.1, 0.15) is 17.8 Å². The van der Waals surface area contributed by atoms with Crippen molar-refractivity contribution >= 4 is 11.6 Å². The maximum atomic E-state index is 11.4. The molecule has 1 amide bonds. The molecule has 29 heavy (non-hydrogen) atoms. The van der Waals surface area contributed by atoms with Crippen molar-refractivity contribution in [3.63, 3.8) is 0 Å². The molecule has 0 fully saturated rings. The van der Waals surface area contributed by atoms with Gasteiger partial charge in [0.25, 0.3) is 5.91 Å². The van der Waals surface area contributed by atoms with Crippen molar-refractivity contribution < 1.29 is 19.4 Å². The number of nitrogens with two attached hydrogens (primary N) is 2. The number of aryl methyl sites for hydroxylation is 1. The highest BCUT2D eigenvalue weighted by molar-refractivity contribution is 5.96. The highest BCUT2D eigenvalue weighted by atomic mass is 16.5. The van der Waals surface area contributed by atoms with Gasteiger partial charge < -0.3 is 26.0 Å². The van der Waals surface area contributed by atoms with Crippen LogP contribution in [0.15, 0.2) is 29.3 Å². The number of hydrogen-bond donors (Lipinski definition) is 3. The Morgan fingerprint density at radius 3 is 2.52 bits per heavy atom. The van der Waals surface area contributed by atoms with E-state index in [0.29, 0.717) is 17.1 Å². The number of fused-ring (bicyclic) bond motifs is 1. The van der Waals surface area contributed by atoms with Gasteiger partial charge in [0.05, 0.1) is 20.3 Å². The third-order valence-corrected chi connectivity index (χ3v) is 3.99. The Kier molecular flexibility index (Phi) is 6.85. The maximum absolute atomic E-state index is 11.4. The number of amides is 1. The van der Waals surface area contributed by atoms with Gasteiger partial charge in [0, 0.05) is 18.7 Å². The summed E-state index contributed by atoms with van der Waals surface area (Å²) in [5, 5.41) is 17.0. The van der Waals surface area contributed by atoms with E-state index in [1.807, 2.05) is 0 Å². The zero-order chi connectivity index (χ0) is 21.7. The van der Waals surface area contributed by atoms with Crippen molar-refractivity contribution in [2.45, 2.75) is 19.1 Å². The van der Waals surface area contributed by atoms with Gasteiger partial charge in [0.2, 0.25) is 0 Å². The van der Waals surface area contributed by atoms with Crippen molar-refractivity contribution in [3.05, 3.63) is 46.3 Å². The summed E-state index contributed by atoms with van der Waals surface area (Å²) in [5.41, 5.74) is 10.9. The van der Waals surface area contributed by atoms with E-state index in [9.17, 15) is 14.7 Å². The molecule has 12 heteroatoms. The van der Waals surface area contributed by atoms with Crippen LogP contribution in [0.4, 0.5) is 0 Å². The van der Waals surface area contributed by atoms with Crippen molar-refractivity contribution in [1.82, 2.24) is 24.4 Å². The maximum Gasteiger partial charge on any atom is 0.352 e. The SMILES string of the molecule is COc1ccc(OC)c(C(O)C(C)N)c1.Cn1nnc2c(C(N)=O)ncn2c1=O. The van der Waals surface area contributed by atoms with E-state index in [1.165, 1.54) is 13.4 Å². The molecular weight excluding hydrogens is 382 g/mol. The molecule has 0 bridgehead atoms. The minimum atomic E-state index is -0.755. The monoisotopic (exact) mass is 405 g/mol. The van der Waals surface area contributed by atoms with E-state index < -0.39 is 17.7 Å². The van der Waals surface area contributed by atoms with Gasteiger partial charge in [-0.25, -0.2) is 14.2 Å². The highest BCUT2D eigenvalue weighted by Gasteiger charge is 2.18. The number of aliphatic hydroxyl groups excluding tert-OH is 1. The molecule has 2 aromatic heterocycles. The normalized spacial score (nSPS) is 12.6. The van der Waals surface area contributed by atoms with E-state index >= 15 is 0 Å². The van der Waals surface area contributed by atoms with Gasteiger partial charge in [-0.3, -0.25) is 4.79 Å². The predicted octanol–water partition coefficient (Wildman–Crippen LogP) is -0.994. The number of ether oxygens (including phenoxy) is 2. The molecule has 0 aliphatic carbocycles. The molecule has 3 aromatic rings. The van der Waals surface area contributed by atoms with Crippen molar-refractivity contribution in [2.75, 3.05) is 14.2 Å². The summed E-state index contributed by atoms with van der Waals surface area (Å²) < 4.78 is 12.4. The molecule has 0 aliphatic heterocycles. The molecule has 2 unspecified atom stereocenters. The zero-order valence-corrected chi connectivity index (χ0v) is 16.4. The summed E-state index contributed by atoms with van der Waals surface area (Å²) in [4.78, 5) is 25.9. The molecule has 0 aliphatic rings. The Morgan fingerprint density at radius 2 is 1.97 bits per heavy atom. The average Bonchev–Trinajstić information content (AvgIpc) is 3.15. The smallest absolute Gasteiger partial charge is 0.352 e. The number of aromatic nitrogens is 5. The number of carbonyl (C=O) groups excluding carboxylic acids is 1. The van der Waals surface area contributed by atoms with E-state index in [-0.39, 0.29) is 17.4 Å². The van der Waals surface area contributed by atoms with E-state index in [1.54, 1.807) is 39.3 Å². The first kappa shape index (κ1) is 21.8. The quantitative estimate of drug-likeness (QED) is 0.481. The Balaban J connectivity index is 0.000000207. The van der Waals surface area contributed by atoms with Crippen LogP contribution in [-0.2, 0) is 7.05 Å². The lowest BCUT2D eigenvalue weighted by atomic mass is 10.0. The number of rotatable bonds is 5. The number of nitrogens with zero attached hydrogens (tertiary/aromatic N) is 5. The van der Waals surface area contributed by atoms with Crippen molar-refractivity contribution in [1.29, 1.82) is 0 Å².